The topological polar surface area (TPSA) is 59.8 Å². The highest BCUT2D eigenvalue weighted by molar-refractivity contribution is 9.10. The van der Waals surface area contributed by atoms with Gasteiger partial charge in [-0.2, -0.15) is 5.10 Å². The van der Waals surface area contributed by atoms with Crippen LogP contribution in [-0.4, -0.2) is 27.2 Å². The lowest BCUT2D eigenvalue weighted by molar-refractivity contribution is 0.0954. The van der Waals surface area contributed by atoms with Crippen LogP contribution in [0.15, 0.2) is 46.5 Å². The summed E-state index contributed by atoms with van der Waals surface area (Å²) in [5.41, 5.74) is 1.37. The Morgan fingerprint density at radius 1 is 1.43 bits per heavy atom. The van der Waals surface area contributed by atoms with Crippen LogP contribution in [0.5, 0.6) is 0 Å². The number of benzene rings is 1. The molecule has 2 heterocycles. The van der Waals surface area contributed by atoms with Crippen LogP contribution in [0.25, 0.3) is 5.13 Å². The third-order valence-electron chi connectivity index (χ3n) is 3.08. The number of amides is 1. The molecule has 0 aliphatic carbocycles. The summed E-state index contributed by atoms with van der Waals surface area (Å²) in [5.74, 6) is -0.196. The molecule has 8 heteroatoms. The summed E-state index contributed by atoms with van der Waals surface area (Å²) in [5, 5.41) is 10.2. The third-order valence-corrected chi connectivity index (χ3v) is 4.78. The molecular formula is C15H12BrClN4OS. The Bertz CT molecular complexity index is 819. The molecule has 1 aromatic carbocycles. The van der Waals surface area contributed by atoms with Crippen LogP contribution in [0.1, 0.15) is 16.1 Å². The fourth-order valence-corrected chi connectivity index (χ4v) is 3.33. The second kappa shape index (κ2) is 7.25. The fourth-order valence-electron chi connectivity index (χ4n) is 1.97. The zero-order valence-corrected chi connectivity index (χ0v) is 15.0. The Morgan fingerprint density at radius 2 is 2.30 bits per heavy atom. The Hall–Kier alpha value is -1.70. The molecule has 118 valence electrons. The predicted molar refractivity (Wildman–Crippen MR) is 94.4 cm³/mol. The van der Waals surface area contributed by atoms with Crippen LogP contribution in [0.3, 0.4) is 0 Å². The van der Waals surface area contributed by atoms with Crippen LogP contribution in [0.2, 0.25) is 5.02 Å². The number of aromatic nitrogens is 3. The van der Waals surface area contributed by atoms with Crippen LogP contribution in [-0.2, 0) is 6.42 Å². The van der Waals surface area contributed by atoms with Gasteiger partial charge in [-0.15, -0.1) is 11.3 Å². The van der Waals surface area contributed by atoms with Crippen molar-refractivity contribution in [2.24, 2.45) is 0 Å². The highest BCUT2D eigenvalue weighted by Crippen LogP contribution is 2.21. The zero-order valence-electron chi connectivity index (χ0n) is 11.9. The minimum atomic E-state index is -0.196. The molecule has 0 aliphatic heterocycles. The maximum absolute atomic E-state index is 12.2. The van der Waals surface area contributed by atoms with E-state index in [1.54, 1.807) is 29.1 Å². The molecule has 0 spiro atoms. The highest BCUT2D eigenvalue weighted by atomic mass is 79.9. The molecule has 0 radical (unpaired) electrons. The number of hydrogen-bond donors (Lipinski definition) is 1. The summed E-state index contributed by atoms with van der Waals surface area (Å²) >= 11 is 10.9. The summed E-state index contributed by atoms with van der Waals surface area (Å²) < 4.78 is 2.53. The van der Waals surface area contributed by atoms with Crippen molar-refractivity contribution in [3.8, 4) is 5.13 Å². The van der Waals surface area contributed by atoms with Crippen LogP contribution < -0.4 is 5.32 Å². The molecule has 0 saturated heterocycles. The lowest BCUT2D eigenvalue weighted by atomic mass is 10.2. The standard InChI is InChI=1S/C15H12BrClN4OS/c16-10-2-3-13(17)12(8-10)14(22)18-6-4-11-9-23-15(20-11)21-7-1-5-19-21/h1-3,5,7-9H,4,6H2,(H,18,22). The lowest BCUT2D eigenvalue weighted by Gasteiger charge is -2.06. The average Bonchev–Trinajstić information content (AvgIpc) is 3.20. The molecule has 5 nitrogen and oxygen atoms in total. The number of rotatable bonds is 5. The van der Waals surface area contributed by atoms with E-state index in [1.807, 2.05) is 17.6 Å². The van der Waals surface area contributed by atoms with Crippen molar-refractivity contribution in [2.45, 2.75) is 6.42 Å². The fraction of sp³-hybridized carbons (Fsp3) is 0.133. The smallest absolute Gasteiger partial charge is 0.252 e. The molecule has 23 heavy (non-hydrogen) atoms. The molecule has 3 aromatic rings. The maximum Gasteiger partial charge on any atom is 0.252 e. The van der Waals surface area contributed by atoms with E-state index in [-0.39, 0.29) is 5.91 Å². The van der Waals surface area contributed by atoms with E-state index in [0.717, 1.165) is 15.3 Å². The summed E-state index contributed by atoms with van der Waals surface area (Å²) in [6, 6.07) is 7.04. The molecule has 0 unspecified atom stereocenters. The number of thiazole rings is 1. The molecular weight excluding hydrogens is 400 g/mol. The van der Waals surface area contributed by atoms with Crippen LogP contribution >= 0.6 is 38.9 Å². The molecule has 0 atom stereocenters. The summed E-state index contributed by atoms with van der Waals surface area (Å²) in [7, 11) is 0. The summed E-state index contributed by atoms with van der Waals surface area (Å²) in [4.78, 5) is 16.6. The number of carbonyl (C=O) groups excluding carboxylic acids is 1. The first kappa shape index (κ1) is 16.2. The molecule has 2 aromatic heterocycles. The number of halogens is 2. The molecule has 0 aliphatic rings. The first-order valence-electron chi connectivity index (χ1n) is 6.81. The van der Waals surface area contributed by atoms with Gasteiger partial charge >= 0.3 is 0 Å². The van der Waals surface area contributed by atoms with Gasteiger partial charge in [-0.05, 0) is 24.3 Å². The monoisotopic (exact) mass is 410 g/mol. The Kier molecular flexibility index (Phi) is 5.09. The van der Waals surface area contributed by atoms with E-state index in [0.29, 0.717) is 23.6 Å². The molecule has 0 bridgehead atoms. The third kappa shape index (κ3) is 3.99. The first-order valence-corrected chi connectivity index (χ1v) is 8.86. The van der Waals surface area contributed by atoms with Crippen molar-refractivity contribution in [3.63, 3.8) is 0 Å². The van der Waals surface area contributed by atoms with E-state index in [1.165, 1.54) is 11.3 Å². The lowest BCUT2D eigenvalue weighted by Crippen LogP contribution is -2.26. The van der Waals surface area contributed by atoms with Gasteiger partial charge in [-0.25, -0.2) is 9.67 Å². The number of hydrogen-bond acceptors (Lipinski definition) is 4. The zero-order chi connectivity index (χ0) is 16.2. The van der Waals surface area contributed by atoms with Gasteiger partial charge in [-0.3, -0.25) is 4.79 Å². The second-order valence-corrected chi connectivity index (χ2v) is 6.86. The number of carbonyl (C=O) groups is 1. The molecule has 0 saturated carbocycles. The van der Waals surface area contributed by atoms with Gasteiger partial charge in [0.15, 0.2) is 0 Å². The van der Waals surface area contributed by atoms with Crippen molar-refractivity contribution in [3.05, 3.63) is 62.8 Å². The Morgan fingerprint density at radius 3 is 3.09 bits per heavy atom. The first-order chi connectivity index (χ1) is 11.1. The van der Waals surface area contributed by atoms with Gasteiger partial charge in [0, 0.05) is 35.2 Å². The maximum atomic E-state index is 12.2. The Balaban J connectivity index is 1.57. The predicted octanol–water partition coefficient (Wildman–Crippen LogP) is 3.72. The van der Waals surface area contributed by atoms with Crippen molar-refractivity contribution >= 4 is 44.8 Å². The van der Waals surface area contributed by atoms with Crippen LogP contribution in [0.4, 0.5) is 0 Å². The normalized spacial score (nSPS) is 10.7. The van der Waals surface area contributed by atoms with Gasteiger partial charge in [0.1, 0.15) is 0 Å². The highest BCUT2D eigenvalue weighted by Gasteiger charge is 2.11. The molecule has 3 rings (SSSR count). The number of nitrogens with zero attached hydrogens (tertiary/aromatic N) is 3. The minimum Gasteiger partial charge on any atom is -0.352 e. The van der Waals surface area contributed by atoms with E-state index >= 15 is 0 Å². The molecule has 1 N–H and O–H groups in total. The van der Waals surface area contributed by atoms with Gasteiger partial charge in [0.05, 0.1) is 16.3 Å². The van der Waals surface area contributed by atoms with E-state index < -0.39 is 0 Å². The summed E-state index contributed by atoms with van der Waals surface area (Å²) in [6.45, 7) is 0.490. The second-order valence-electron chi connectivity index (χ2n) is 4.70. The van der Waals surface area contributed by atoms with Crippen molar-refractivity contribution < 1.29 is 4.79 Å². The average molecular weight is 412 g/mol. The van der Waals surface area contributed by atoms with Gasteiger partial charge < -0.3 is 5.32 Å². The van der Waals surface area contributed by atoms with Crippen molar-refractivity contribution in [2.75, 3.05) is 6.54 Å². The van der Waals surface area contributed by atoms with Gasteiger partial charge in [-0.1, -0.05) is 27.5 Å². The van der Waals surface area contributed by atoms with Crippen molar-refractivity contribution in [1.82, 2.24) is 20.1 Å². The van der Waals surface area contributed by atoms with E-state index in [2.05, 4.69) is 31.3 Å². The SMILES string of the molecule is O=C(NCCc1csc(-n2cccn2)n1)c1cc(Br)ccc1Cl. The quantitative estimate of drug-likeness (QED) is 0.696. The Labute approximate surface area is 150 Å². The number of nitrogens with one attached hydrogen (secondary N) is 1. The molecule has 1 amide bonds. The van der Waals surface area contributed by atoms with Crippen molar-refractivity contribution in [1.29, 1.82) is 0 Å². The van der Waals surface area contributed by atoms with E-state index in [4.69, 9.17) is 11.6 Å². The largest absolute Gasteiger partial charge is 0.352 e. The van der Waals surface area contributed by atoms with Gasteiger partial charge in [0.25, 0.3) is 5.91 Å². The van der Waals surface area contributed by atoms with Gasteiger partial charge in [0.2, 0.25) is 5.13 Å². The molecule has 0 fully saturated rings. The van der Waals surface area contributed by atoms with E-state index in [9.17, 15) is 4.79 Å². The minimum absolute atomic E-state index is 0.196. The van der Waals surface area contributed by atoms with Crippen LogP contribution in [0, 0.1) is 0 Å². The summed E-state index contributed by atoms with van der Waals surface area (Å²) in [6.07, 6.45) is 4.21.